The second kappa shape index (κ2) is 9.78. The Hall–Kier alpha value is -1.06. The summed E-state index contributed by atoms with van der Waals surface area (Å²) in [7, 11) is 0. The minimum atomic E-state index is -0.734. The van der Waals surface area contributed by atoms with Crippen molar-refractivity contribution in [1.29, 1.82) is 0 Å². The second-order valence-corrected chi connectivity index (χ2v) is 5.94. The van der Waals surface area contributed by atoms with Crippen molar-refractivity contribution < 1.29 is 14.7 Å². The van der Waals surface area contributed by atoms with Gasteiger partial charge in [0.05, 0.1) is 0 Å². The summed E-state index contributed by atoms with van der Waals surface area (Å²) in [4.78, 5) is 24.5. The molecule has 0 spiro atoms. The number of aliphatic carboxylic acids is 1. The first kappa shape index (κ1) is 17.0. The lowest BCUT2D eigenvalue weighted by molar-refractivity contribution is -0.137. The molecule has 0 saturated carbocycles. The molecule has 1 heterocycles. The van der Waals surface area contributed by atoms with Gasteiger partial charge in [-0.25, -0.2) is 0 Å². The van der Waals surface area contributed by atoms with E-state index < -0.39 is 5.97 Å². The van der Waals surface area contributed by atoms with Crippen LogP contribution in [0.5, 0.6) is 0 Å². The number of rotatable bonds is 10. The summed E-state index contributed by atoms with van der Waals surface area (Å²) in [6.07, 6.45) is 9.79. The fraction of sp³-hybridized carbons (Fsp3) is 0.875. The van der Waals surface area contributed by atoms with Gasteiger partial charge in [-0.05, 0) is 25.2 Å². The number of carbonyl (C=O) groups is 2. The van der Waals surface area contributed by atoms with E-state index in [1.165, 1.54) is 25.7 Å². The van der Waals surface area contributed by atoms with Crippen LogP contribution >= 0.6 is 0 Å². The number of carboxylic acids is 1. The number of hydrogen-bond acceptors (Lipinski definition) is 2. The van der Waals surface area contributed by atoms with Crippen molar-refractivity contribution in [3.05, 3.63) is 0 Å². The molecule has 20 heavy (non-hydrogen) atoms. The summed E-state index contributed by atoms with van der Waals surface area (Å²) in [6.45, 7) is 3.79. The second-order valence-electron chi connectivity index (χ2n) is 5.94. The van der Waals surface area contributed by atoms with Gasteiger partial charge >= 0.3 is 5.97 Å². The number of amides is 1. The molecule has 4 heteroatoms. The number of carbonyl (C=O) groups excluding carboxylic acids is 1. The molecule has 1 atom stereocenters. The smallest absolute Gasteiger partial charge is 0.303 e. The Morgan fingerprint density at radius 2 is 1.80 bits per heavy atom. The molecule has 4 nitrogen and oxygen atoms in total. The van der Waals surface area contributed by atoms with Gasteiger partial charge < -0.3 is 10.0 Å². The van der Waals surface area contributed by atoms with E-state index in [-0.39, 0.29) is 12.3 Å². The molecule has 1 aliphatic heterocycles. The molecule has 1 unspecified atom stereocenters. The minimum Gasteiger partial charge on any atom is -0.481 e. The van der Waals surface area contributed by atoms with Crippen molar-refractivity contribution in [3.63, 3.8) is 0 Å². The van der Waals surface area contributed by atoms with Gasteiger partial charge in [-0.1, -0.05) is 39.0 Å². The molecule has 0 radical (unpaired) electrons. The first-order valence-electron chi connectivity index (χ1n) is 8.13. The van der Waals surface area contributed by atoms with Crippen molar-refractivity contribution in [2.45, 2.75) is 71.1 Å². The van der Waals surface area contributed by atoms with Crippen LogP contribution in [0.2, 0.25) is 0 Å². The lowest BCUT2D eigenvalue weighted by Gasteiger charge is -2.16. The average Bonchev–Trinajstić information content (AvgIpc) is 2.89. The van der Waals surface area contributed by atoms with Crippen LogP contribution in [0.25, 0.3) is 0 Å². The van der Waals surface area contributed by atoms with Crippen LogP contribution in [0.3, 0.4) is 0 Å². The molecule has 116 valence electrons. The van der Waals surface area contributed by atoms with Gasteiger partial charge in [0, 0.05) is 25.9 Å². The molecular weight excluding hydrogens is 254 g/mol. The van der Waals surface area contributed by atoms with Crippen molar-refractivity contribution in [2.24, 2.45) is 5.92 Å². The Bertz CT molecular complexity index is 304. The van der Waals surface area contributed by atoms with E-state index in [4.69, 9.17) is 5.11 Å². The molecule has 1 amide bonds. The van der Waals surface area contributed by atoms with Gasteiger partial charge in [0.1, 0.15) is 0 Å². The highest BCUT2D eigenvalue weighted by Crippen LogP contribution is 2.22. The number of unbranched alkanes of at least 4 members (excludes halogenated alkanes) is 5. The van der Waals surface area contributed by atoms with Crippen molar-refractivity contribution in [2.75, 3.05) is 13.1 Å². The Kier molecular flexibility index (Phi) is 8.31. The van der Waals surface area contributed by atoms with Crippen LogP contribution in [-0.2, 0) is 9.59 Å². The summed E-state index contributed by atoms with van der Waals surface area (Å²) >= 11 is 0. The Balaban J connectivity index is 2.07. The van der Waals surface area contributed by atoms with Gasteiger partial charge in [-0.2, -0.15) is 0 Å². The molecule has 1 aliphatic rings. The highest BCUT2D eigenvalue weighted by molar-refractivity contribution is 5.76. The van der Waals surface area contributed by atoms with Crippen molar-refractivity contribution in [3.8, 4) is 0 Å². The quantitative estimate of drug-likeness (QED) is 0.625. The first-order valence-corrected chi connectivity index (χ1v) is 8.13. The van der Waals surface area contributed by atoms with Crippen LogP contribution in [0.15, 0.2) is 0 Å². The summed E-state index contributed by atoms with van der Waals surface area (Å²) < 4.78 is 0. The van der Waals surface area contributed by atoms with E-state index in [2.05, 4.69) is 6.92 Å². The molecule has 1 saturated heterocycles. The van der Waals surface area contributed by atoms with E-state index in [9.17, 15) is 9.59 Å². The summed E-state index contributed by atoms with van der Waals surface area (Å²) in [5.74, 6) is -0.0835. The zero-order valence-electron chi connectivity index (χ0n) is 12.8. The number of nitrogens with zero attached hydrogens (tertiary/aromatic N) is 1. The third-order valence-corrected chi connectivity index (χ3v) is 4.15. The van der Waals surface area contributed by atoms with Gasteiger partial charge in [0.25, 0.3) is 0 Å². The van der Waals surface area contributed by atoms with Gasteiger partial charge in [-0.3, -0.25) is 9.59 Å². The molecular formula is C16H29NO3. The molecule has 0 aromatic rings. The predicted octanol–water partition coefficient (Wildman–Crippen LogP) is 3.45. The average molecular weight is 283 g/mol. The van der Waals surface area contributed by atoms with Crippen molar-refractivity contribution in [1.82, 2.24) is 4.90 Å². The lowest BCUT2D eigenvalue weighted by Crippen LogP contribution is -2.28. The Morgan fingerprint density at radius 1 is 1.10 bits per heavy atom. The fourth-order valence-electron chi connectivity index (χ4n) is 2.84. The Labute approximate surface area is 122 Å². The summed E-state index contributed by atoms with van der Waals surface area (Å²) in [5, 5.41) is 8.67. The van der Waals surface area contributed by atoms with E-state index in [1.54, 1.807) is 0 Å². The van der Waals surface area contributed by atoms with Crippen LogP contribution in [0.4, 0.5) is 0 Å². The van der Waals surface area contributed by atoms with Gasteiger partial charge in [0.2, 0.25) is 5.91 Å². The monoisotopic (exact) mass is 283 g/mol. The number of hydrogen-bond donors (Lipinski definition) is 1. The van der Waals surface area contributed by atoms with Crippen molar-refractivity contribution >= 4 is 11.9 Å². The molecule has 1 rings (SSSR count). The minimum absolute atomic E-state index is 0.226. The van der Waals surface area contributed by atoms with Crippen LogP contribution < -0.4 is 0 Å². The normalized spacial score (nSPS) is 18.4. The third kappa shape index (κ3) is 6.92. The van der Waals surface area contributed by atoms with E-state index in [0.717, 1.165) is 32.4 Å². The standard InChI is InChI=1S/C16H29NO3/c1-2-3-4-5-6-7-8-15(18)17-12-11-14(13-17)9-10-16(19)20/h14H,2-13H2,1H3,(H,19,20). The van der Waals surface area contributed by atoms with Gasteiger partial charge in [-0.15, -0.1) is 0 Å². The number of likely N-dealkylation sites (tertiary alicyclic amines) is 1. The van der Waals surface area contributed by atoms with E-state index in [0.29, 0.717) is 18.8 Å². The highest BCUT2D eigenvalue weighted by Gasteiger charge is 2.25. The zero-order valence-corrected chi connectivity index (χ0v) is 12.8. The molecule has 0 aromatic carbocycles. The Morgan fingerprint density at radius 3 is 2.50 bits per heavy atom. The largest absolute Gasteiger partial charge is 0.481 e. The molecule has 1 N–H and O–H groups in total. The molecule has 0 aliphatic carbocycles. The summed E-state index contributed by atoms with van der Waals surface area (Å²) in [5.41, 5.74) is 0. The van der Waals surface area contributed by atoms with Crippen LogP contribution in [0.1, 0.15) is 71.1 Å². The SMILES string of the molecule is CCCCCCCCC(=O)N1CCC(CCC(=O)O)C1. The third-order valence-electron chi connectivity index (χ3n) is 4.15. The molecule has 1 fully saturated rings. The van der Waals surface area contributed by atoms with Gasteiger partial charge in [0.15, 0.2) is 0 Å². The van der Waals surface area contributed by atoms with Crippen LogP contribution in [0, 0.1) is 5.92 Å². The van der Waals surface area contributed by atoms with Crippen LogP contribution in [-0.4, -0.2) is 35.0 Å². The topological polar surface area (TPSA) is 57.6 Å². The predicted molar refractivity (Wildman–Crippen MR) is 79.5 cm³/mol. The maximum absolute atomic E-state index is 12.0. The summed E-state index contributed by atoms with van der Waals surface area (Å²) in [6, 6.07) is 0. The fourth-order valence-corrected chi connectivity index (χ4v) is 2.84. The maximum Gasteiger partial charge on any atom is 0.303 e. The number of carboxylic acid groups (broad SMARTS) is 1. The molecule has 0 bridgehead atoms. The molecule has 0 aromatic heterocycles. The lowest BCUT2D eigenvalue weighted by atomic mass is 10.0. The maximum atomic E-state index is 12.0. The zero-order chi connectivity index (χ0) is 14.8. The van der Waals surface area contributed by atoms with E-state index >= 15 is 0 Å². The van der Waals surface area contributed by atoms with E-state index in [1.807, 2.05) is 4.90 Å². The first-order chi connectivity index (χ1) is 9.63. The highest BCUT2D eigenvalue weighted by atomic mass is 16.4.